The standard InChI is InChI=1S/C24H22N2O3S/c1-14-11-18(14)22(19-13-30-20-10-6-5-7-15(19)20)25(2)21(27)12-26-23(28)16-8-3-4-9-17(16)24(26)29/h3-10,13-14,18,22H,11-12H2,1-2H3/t14-,18-,22+/m1/s1. The van der Waals surface area contributed by atoms with Crippen LogP contribution >= 0.6 is 11.3 Å². The summed E-state index contributed by atoms with van der Waals surface area (Å²) in [5, 5.41) is 3.32. The van der Waals surface area contributed by atoms with Gasteiger partial charge in [0, 0.05) is 11.7 Å². The lowest BCUT2D eigenvalue weighted by atomic mass is 9.99. The minimum absolute atomic E-state index is 0.0566. The number of hydrogen-bond donors (Lipinski definition) is 0. The molecule has 5 rings (SSSR count). The summed E-state index contributed by atoms with van der Waals surface area (Å²) in [5.74, 6) is -0.0735. The van der Waals surface area contributed by atoms with Crippen molar-refractivity contribution in [2.24, 2.45) is 11.8 Å². The Morgan fingerprint density at radius 3 is 2.33 bits per heavy atom. The number of imide groups is 1. The van der Waals surface area contributed by atoms with E-state index < -0.39 is 11.8 Å². The molecule has 0 saturated heterocycles. The van der Waals surface area contributed by atoms with Gasteiger partial charge in [-0.2, -0.15) is 0 Å². The van der Waals surface area contributed by atoms with Gasteiger partial charge in [0.2, 0.25) is 5.91 Å². The van der Waals surface area contributed by atoms with Gasteiger partial charge in [-0.3, -0.25) is 19.3 Å². The number of amides is 3. The Morgan fingerprint density at radius 2 is 1.70 bits per heavy atom. The van der Waals surface area contributed by atoms with Gasteiger partial charge in [-0.05, 0) is 52.8 Å². The Labute approximate surface area is 178 Å². The van der Waals surface area contributed by atoms with Gasteiger partial charge in [0.25, 0.3) is 11.8 Å². The van der Waals surface area contributed by atoms with Crippen molar-refractivity contribution in [3.8, 4) is 0 Å². The molecule has 1 saturated carbocycles. The zero-order valence-corrected chi connectivity index (χ0v) is 17.7. The van der Waals surface area contributed by atoms with Crippen molar-refractivity contribution in [3.63, 3.8) is 0 Å². The van der Waals surface area contributed by atoms with Crippen LogP contribution in [0.3, 0.4) is 0 Å². The highest BCUT2D eigenvalue weighted by Crippen LogP contribution is 2.51. The summed E-state index contributed by atoms with van der Waals surface area (Å²) in [6, 6.07) is 14.9. The summed E-state index contributed by atoms with van der Waals surface area (Å²) in [4.78, 5) is 41.4. The Bertz CT molecular complexity index is 1150. The Balaban J connectivity index is 1.42. The zero-order chi connectivity index (χ0) is 21.0. The molecule has 3 atom stereocenters. The molecule has 2 aromatic carbocycles. The van der Waals surface area contributed by atoms with Crippen molar-refractivity contribution in [2.45, 2.75) is 19.4 Å². The molecule has 1 aromatic heterocycles. The van der Waals surface area contributed by atoms with Crippen LogP contribution in [0.2, 0.25) is 0 Å². The van der Waals surface area contributed by atoms with Crippen LogP contribution in [-0.4, -0.2) is 41.1 Å². The van der Waals surface area contributed by atoms with E-state index in [1.54, 1.807) is 47.5 Å². The molecule has 6 heteroatoms. The van der Waals surface area contributed by atoms with Crippen LogP contribution in [0.25, 0.3) is 10.1 Å². The number of benzene rings is 2. The van der Waals surface area contributed by atoms with Crippen LogP contribution in [0.1, 0.15) is 45.7 Å². The number of carbonyl (C=O) groups excluding carboxylic acids is 3. The maximum Gasteiger partial charge on any atom is 0.262 e. The quantitative estimate of drug-likeness (QED) is 0.579. The number of thiophene rings is 1. The molecule has 0 unspecified atom stereocenters. The fourth-order valence-corrected chi connectivity index (χ4v) is 5.52. The van der Waals surface area contributed by atoms with E-state index in [4.69, 9.17) is 0 Å². The van der Waals surface area contributed by atoms with Crippen molar-refractivity contribution in [3.05, 3.63) is 70.6 Å². The molecule has 3 amide bonds. The van der Waals surface area contributed by atoms with E-state index in [2.05, 4.69) is 24.4 Å². The monoisotopic (exact) mass is 418 g/mol. The lowest BCUT2D eigenvalue weighted by Gasteiger charge is -2.30. The van der Waals surface area contributed by atoms with Crippen molar-refractivity contribution >= 4 is 39.1 Å². The second-order valence-electron chi connectivity index (χ2n) is 8.26. The topological polar surface area (TPSA) is 57.7 Å². The number of carbonyl (C=O) groups is 3. The summed E-state index contributed by atoms with van der Waals surface area (Å²) >= 11 is 1.69. The van der Waals surface area contributed by atoms with Crippen LogP contribution in [0.4, 0.5) is 0 Å². The molecule has 152 valence electrons. The molecule has 3 aromatic rings. The molecule has 1 fully saturated rings. The van der Waals surface area contributed by atoms with E-state index in [1.165, 1.54) is 10.1 Å². The molecule has 30 heavy (non-hydrogen) atoms. The van der Waals surface area contributed by atoms with Gasteiger partial charge in [0.1, 0.15) is 6.54 Å². The lowest BCUT2D eigenvalue weighted by Crippen LogP contribution is -2.43. The zero-order valence-electron chi connectivity index (χ0n) is 16.9. The molecule has 1 aliphatic carbocycles. The normalized spacial score (nSPS) is 21.1. The van der Waals surface area contributed by atoms with Crippen LogP contribution < -0.4 is 0 Å². The summed E-state index contributed by atoms with van der Waals surface area (Å²) in [7, 11) is 1.79. The van der Waals surface area contributed by atoms with Gasteiger partial charge in [-0.15, -0.1) is 11.3 Å². The molecule has 0 N–H and O–H groups in total. The third kappa shape index (κ3) is 2.94. The number of nitrogens with zero attached hydrogens (tertiary/aromatic N) is 2. The number of rotatable bonds is 5. The van der Waals surface area contributed by atoms with Gasteiger partial charge < -0.3 is 4.90 Å². The summed E-state index contributed by atoms with van der Waals surface area (Å²) in [6.07, 6.45) is 1.07. The fourth-order valence-electron chi connectivity index (χ4n) is 4.53. The summed E-state index contributed by atoms with van der Waals surface area (Å²) < 4.78 is 1.20. The SMILES string of the molecule is C[C@@H]1C[C@H]1[C@@H](c1csc2ccccc12)N(C)C(=O)CN1C(=O)c2ccccc2C1=O. The highest BCUT2D eigenvalue weighted by atomic mass is 32.1. The van der Waals surface area contributed by atoms with Crippen molar-refractivity contribution in [2.75, 3.05) is 13.6 Å². The first-order chi connectivity index (χ1) is 14.5. The first kappa shape index (κ1) is 19.0. The maximum atomic E-state index is 13.2. The molecular weight excluding hydrogens is 396 g/mol. The first-order valence-electron chi connectivity index (χ1n) is 10.1. The van der Waals surface area contributed by atoms with E-state index in [9.17, 15) is 14.4 Å². The predicted molar refractivity (Wildman–Crippen MR) is 116 cm³/mol. The second kappa shape index (κ2) is 7.06. The number of hydrogen-bond acceptors (Lipinski definition) is 4. The van der Waals surface area contributed by atoms with Crippen molar-refractivity contribution in [1.29, 1.82) is 0 Å². The van der Waals surface area contributed by atoms with E-state index in [1.807, 2.05) is 12.1 Å². The van der Waals surface area contributed by atoms with Gasteiger partial charge in [0.15, 0.2) is 0 Å². The summed E-state index contributed by atoms with van der Waals surface area (Å²) in [5.41, 5.74) is 1.89. The minimum Gasteiger partial charge on any atom is -0.337 e. The molecule has 2 aliphatic rings. The van der Waals surface area contributed by atoms with E-state index in [-0.39, 0.29) is 18.5 Å². The van der Waals surface area contributed by atoms with Crippen LogP contribution in [0.5, 0.6) is 0 Å². The smallest absolute Gasteiger partial charge is 0.262 e. The third-order valence-electron chi connectivity index (χ3n) is 6.39. The molecular formula is C24H22N2O3S. The maximum absolute atomic E-state index is 13.2. The van der Waals surface area contributed by atoms with Crippen LogP contribution in [0.15, 0.2) is 53.9 Å². The molecule has 0 spiro atoms. The van der Waals surface area contributed by atoms with Crippen molar-refractivity contribution < 1.29 is 14.4 Å². The largest absolute Gasteiger partial charge is 0.337 e. The van der Waals surface area contributed by atoms with E-state index in [0.717, 1.165) is 16.9 Å². The molecule has 1 aliphatic heterocycles. The lowest BCUT2D eigenvalue weighted by molar-refractivity contribution is -0.132. The number of fused-ring (bicyclic) bond motifs is 2. The Morgan fingerprint density at radius 1 is 1.10 bits per heavy atom. The minimum atomic E-state index is -0.394. The van der Waals surface area contributed by atoms with Gasteiger partial charge in [-0.1, -0.05) is 37.3 Å². The number of likely N-dealkylation sites (N-methyl/N-ethyl adjacent to an activating group) is 1. The second-order valence-corrected chi connectivity index (χ2v) is 9.17. The molecule has 5 nitrogen and oxygen atoms in total. The van der Waals surface area contributed by atoms with Crippen LogP contribution in [-0.2, 0) is 4.79 Å². The van der Waals surface area contributed by atoms with Gasteiger partial charge >= 0.3 is 0 Å². The van der Waals surface area contributed by atoms with Gasteiger partial charge in [0.05, 0.1) is 17.2 Å². The molecule has 2 heterocycles. The fraction of sp³-hybridized carbons (Fsp3) is 0.292. The van der Waals surface area contributed by atoms with E-state index >= 15 is 0 Å². The predicted octanol–water partition coefficient (Wildman–Crippen LogP) is 4.35. The average molecular weight is 419 g/mol. The highest BCUT2D eigenvalue weighted by Gasteiger charge is 2.45. The molecule has 0 bridgehead atoms. The molecule has 0 radical (unpaired) electrons. The van der Waals surface area contributed by atoms with Crippen LogP contribution in [0, 0.1) is 11.8 Å². The van der Waals surface area contributed by atoms with Crippen molar-refractivity contribution in [1.82, 2.24) is 9.80 Å². The van der Waals surface area contributed by atoms with E-state index in [0.29, 0.717) is 23.0 Å². The highest BCUT2D eigenvalue weighted by molar-refractivity contribution is 7.17. The third-order valence-corrected chi connectivity index (χ3v) is 7.37. The Kier molecular flexibility index (Phi) is 4.47. The average Bonchev–Trinajstić information content (AvgIpc) is 3.24. The summed E-state index contributed by atoms with van der Waals surface area (Å²) in [6.45, 7) is 1.97. The van der Waals surface area contributed by atoms with Gasteiger partial charge in [-0.25, -0.2) is 0 Å². The Hall–Kier alpha value is -2.99. The first-order valence-corrected chi connectivity index (χ1v) is 11.0.